The quantitative estimate of drug-likeness (QED) is 0.578. The van der Waals surface area contributed by atoms with E-state index in [1.54, 1.807) is 24.3 Å². The fourth-order valence-corrected chi connectivity index (χ4v) is 4.12. The Morgan fingerprint density at radius 3 is 2.23 bits per heavy atom. The minimum absolute atomic E-state index is 0.101. The normalized spacial score (nSPS) is 25.0. The lowest BCUT2D eigenvalue weighted by Crippen LogP contribution is -2.49. The van der Waals surface area contributed by atoms with E-state index >= 15 is 0 Å². The highest BCUT2D eigenvalue weighted by Crippen LogP contribution is 2.45. The molecule has 2 aliphatic heterocycles. The van der Waals surface area contributed by atoms with Crippen LogP contribution in [0, 0.1) is 0 Å². The van der Waals surface area contributed by atoms with E-state index in [4.69, 9.17) is 9.31 Å². The van der Waals surface area contributed by atoms with Gasteiger partial charge >= 0.3 is 19.3 Å². The highest BCUT2D eigenvalue weighted by molar-refractivity contribution is 6.62. The molecule has 2 aromatic carbocycles. The first kappa shape index (κ1) is 21.9. The number of quaternary nitrogens is 1. The molecule has 1 atom stereocenters. The number of para-hydroxylation sites is 1. The average Bonchev–Trinajstić information content (AvgIpc) is 3.18. The standard InChI is InChI=1S/C22H24BF3N2O3/c1-20(2)21(3,4)31-23(30-20)15-8-7-9-16(14-15)28(13-12-27-19(28)29)18-11-6-5-10-17(18)22(24,25)26/h5-11,14H,12-13H2,1-4H3/p+1. The van der Waals surface area contributed by atoms with Gasteiger partial charge in [0.05, 0.1) is 17.7 Å². The van der Waals surface area contributed by atoms with E-state index in [9.17, 15) is 18.0 Å². The van der Waals surface area contributed by atoms with Crippen molar-refractivity contribution in [3.63, 3.8) is 0 Å². The van der Waals surface area contributed by atoms with Gasteiger partial charge in [0.1, 0.15) is 17.8 Å². The first-order valence-corrected chi connectivity index (χ1v) is 10.2. The number of amides is 2. The van der Waals surface area contributed by atoms with Crippen LogP contribution in [0.4, 0.5) is 29.3 Å². The number of nitrogens with one attached hydrogen (secondary N) is 1. The Labute approximate surface area is 179 Å². The number of carbonyl (C=O) groups is 1. The number of rotatable bonds is 3. The zero-order valence-corrected chi connectivity index (χ0v) is 17.9. The van der Waals surface area contributed by atoms with Crippen molar-refractivity contribution < 1.29 is 27.3 Å². The van der Waals surface area contributed by atoms with Crippen molar-refractivity contribution in [3.05, 3.63) is 54.1 Å². The molecule has 5 nitrogen and oxygen atoms in total. The topological polar surface area (TPSA) is 47.6 Å². The Bertz CT molecular complexity index is 1010. The SMILES string of the molecule is CC1(C)OB(c2cccc([N+]3(c4ccccc4C(F)(F)F)CCNC3=O)c2)OC1(C)C. The van der Waals surface area contributed by atoms with Crippen LogP contribution in [0.15, 0.2) is 48.5 Å². The summed E-state index contributed by atoms with van der Waals surface area (Å²) < 4.78 is 53.1. The molecule has 2 heterocycles. The highest BCUT2D eigenvalue weighted by atomic mass is 19.4. The monoisotopic (exact) mass is 433 g/mol. The zero-order chi connectivity index (χ0) is 22.7. The van der Waals surface area contributed by atoms with Gasteiger partial charge in [0, 0.05) is 12.1 Å². The van der Waals surface area contributed by atoms with Crippen molar-refractivity contribution in [2.75, 3.05) is 13.1 Å². The number of halogens is 3. The third kappa shape index (κ3) is 3.45. The molecule has 164 valence electrons. The Balaban J connectivity index is 1.84. The van der Waals surface area contributed by atoms with E-state index in [2.05, 4.69) is 5.32 Å². The molecule has 0 aliphatic carbocycles. The third-order valence-electron chi connectivity index (χ3n) is 6.53. The molecule has 0 spiro atoms. The molecular weight excluding hydrogens is 408 g/mol. The third-order valence-corrected chi connectivity index (χ3v) is 6.53. The Kier molecular flexibility index (Phi) is 4.99. The van der Waals surface area contributed by atoms with E-state index in [0.717, 1.165) is 6.07 Å². The maximum atomic E-state index is 13.8. The smallest absolute Gasteiger partial charge is 0.399 e. The molecule has 2 fully saturated rings. The van der Waals surface area contributed by atoms with E-state index in [-0.39, 0.29) is 18.8 Å². The molecule has 31 heavy (non-hydrogen) atoms. The van der Waals surface area contributed by atoms with Crippen LogP contribution in [-0.2, 0) is 15.5 Å². The maximum Gasteiger partial charge on any atom is 0.495 e. The second kappa shape index (κ2) is 7.08. The van der Waals surface area contributed by atoms with Gasteiger partial charge in [-0.15, -0.1) is 0 Å². The van der Waals surface area contributed by atoms with Crippen molar-refractivity contribution in [2.24, 2.45) is 0 Å². The summed E-state index contributed by atoms with van der Waals surface area (Å²) in [6.45, 7) is 8.15. The van der Waals surface area contributed by atoms with Gasteiger partial charge in [-0.3, -0.25) is 5.32 Å². The molecule has 2 aromatic rings. The average molecular weight is 433 g/mol. The van der Waals surface area contributed by atoms with Crippen LogP contribution in [0.1, 0.15) is 33.3 Å². The summed E-state index contributed by atoms with van der Waals surface area (Å²) in [4.78, 5) is 13.0. The van der Waals surface area contributed by atoms with E-state index in [1.807, 2.05) is 27.7 Å². The minimum atomic E-state index is -4.59. The molecule has 1 unspecified atom stereocenters. The number of hydrogen-bond donors (Lipinski definition) is 1. The number of urea groups is 1. The lowest BCUT2D eigenvalue weighted by molar-refractivity contribution is -0.137. The molecule has 2 saturated heterocycles. The Hall–Kier alpha value is -2.36. The molecule has 4 rings (SSSR count). The van der Waals surface area contributed by atoms with Gasteiger partial charge in [-0.05, 0) is 45.3 Å². The zero-order valence-electron chi connectivity index (χ0n) is 17.9. The summed E-state index contributed by atoms with van der Waals surface area (Å²) in [6, 6.07) is 11.6. The largest absolute Gasteiger partial charge is 0.495 e. The number of nitrogens with zero attached hydrogens (tertiary/aromatic N) is 1. The fraction of sp³-hybridized carbons (Fsp3) is 0.409. The van der Waals surface area contributed by atoms with Crippen LogP contribution < -0.4 is 15.3 Å². The Morgan fingerprint density at radius 2 is 1.65 bits per heavy atom. The van der Waals surface area contributed by atoms with Crippen LogP contribution in [0.2, 0.25) is 0 Å². The fourth-order valence-electron chi connectivity index (χ4n) is 4.12. The lowest BCUT2D eigenvalue weighted by atomic mass is 9.78. The van der Waals surface area contributed by atoms with Gasteiger partial charge in [-0.2, -0.15) is 17.7 Å². The highest BCUT2D eigenvalue weighted by Gasteiger charge is 2.54. The van der Waals surface area contributed by atoms with E-state index in [0.29, 0.717) is 11.2 Å². The molecule has 9 heteroatoms. The van der Waals surface area contributed by atoms with Gasteiger partial charge in [-0.25, -0.2) is 4.79 Å². The lowest BCUT2D eigenvalue weighted by Gasteiger charge is -2.32. The molecule has 2 amide bonds. The van der Waals surface area contributed by atoms with Crippen molar-refractivity contribution in [1.82, 2.24) is 9.80 Å². The molecule has 1 N–H and O–H groups in total. The van der Waals surface area contributed by atoms with Crippen LogP contribution >= 0.6 is 0 Å². The maximum absolute atomic E-state index is 13.8. The van der Waals surface area contributed by atoms with Crippen molar-refractivity contribution in [1.29, 1.82) is 0 Å². The first-order valence-electron chi connectivity index (χ1n) is 10.2. The number of benzene rings is 2. The summed E-state index contributed by atoms with van der Waals surface area (Å²) in [7, 11) is -0.687. The predicted octanol–water partition coefficient (Wildman–Crippen LogP) is 4.37. The Morgan fingerprint density at radius 1 is 1.00 bits per heavy atom. The van der Waals surface area contributed by atoms with Crippen LogP contribution in [0.25, 0.3) is 0 Å². The van der Waals surface area contributed by atoms with Crippen LogP contribution in [-0.4, -0.2) is 37.4 Å². The van der Waals surface area contributed by atoms with E-state index < -0.39 is 40.6 Å². The summed E-state index contributed by atoms with van der Waals surface area (Å²) >= 11 is 0. The second-order valence-electron chi connectivity index (χ2n) is 8.96. The van der Waals surface area contributed by atoms with E-state index in [1.165, 1.54) is 18.2 Å². The molecular formula is C22H25BF3N2O3+. The van der Waals surface area contributed by atoms with Crippen LogP contribution in [0.3, 0.4) is 0 Å². The van der Waals surface area contributed by atoms with Gasteiger partial charge < -0.3 is 9.31 Å². The van der Waals surface area contributed by atoms with Crippen molar-refractivity contribution in [3.8, 4) is 0 Å². The number of alkyl halides is 3. The molecule has 0 aromatic heterocycles. The summed E-state index contributed by atoms with van der Waals surface area (Å²) in [6.07, 6.45) is -4.59. The number of hydrogen-bond acceptors (Lipinski definition) is 3. The van der Waals surface area contributed by atoms with Gasteiger partial charge in [0.25, 0.3) is 0 Å². The summed E-state index contributed by atoms with van der Waals surface area (Å²) in [5.41, 5.74) is -0.970. The van der Waals surface area contributed by atoms with Crippen molar-refractivity contribution in [2.45, 2.75) is 45.1 Å². The number of carbonyl (C=O) groups excluding carboxylic acids is 1. The van der Waals surface area contributed by atoms with Gasteiger partial charge in [-0.1, -0.05) is 24.3 Å². The second-order valence-corrected chi connectivity index (χ2v) is 8.96. The minimum Gasteiger partial charge on any atom is -0.399 e. The van der Waals surface area contributed by atoms with Crippen LogP contribution in [0.5, 0.6) is 0 Å². The molecule has 0 bridgehead atoms. The summed E-state index contributed by atoms with van der Waals surface area (Å²) in [5.74, 6) is 0. The van der Waals surface area contributed by atoms with Gasteiger partial charge in [0.15, 0.2) is 5.69 Å². The van der Waals surface area contributed by atoms with Crippen molar-refractivity contribution >= 4 is 30.0 Å². The molecule has 2 aliphatic rings. The summed E-state index contributed by atoms with van der Waals surface area (Å²) in [5, 5.41) is 2.70. The van der Waals surface area contributed by atoms with Gasteiger partial charge in [0.2, 0.25) is 0 Å². The predicted molar refractivity (Wildman–Crippen MR) is 113 cm³/mol. The first-order chi connectivity index (χ1) is 14.4. The molecule has 0 saturated carbocycles. The molecule has 0 radical (unpaired) electrons.